The Kier molecular flexibility index (Phi) is 5.94. The van der Waals surface area contributed by atoms with Crippen LogP contribution in [0, 0.1) is 6.92 Å². The van der Waals surface area contributed by atoms with E-state index in [1.807, 2.05) is 31.2 Å². The Morgan fingerprint density at radius 1 is 1.16 bits per heavy atom. The largest absolute Gasteiger partial charge is 0.481 e. The van der Waals surface area contributed by atoms with Gasteiger partial charge in [-0.1, -0.05) is 24.3 Å². The number of aromatic carboxylic acids is 1. The summed E-state index contributed by atoms with van der Waals surface area (Å²) in [7, 11) is 0. The normalized spacial score (nSPS) is 11.0. The number of carbonyl (C=O) groups excluding carboxylic acids is 1. The third kappa shape index (κ3) is 4.65. The topological polar surface area (TPSA) is 114 Å². The number of benzene rings is 2. The summed E-state index contributed by atoms with van der Waals surface area (Å²) in [5.41, 5.74) is 4.78. The fraction of sp³-hybridized carbons (Fsp3) is 0.0833. The first-order chi connectivity index (χ1) is 15.5. The van der Waals surface area contributed by atoms with Crippen LogP contribution in [0.1, 0.15) is 21.7 Å². The number of hydrazone groups is 1. The van der Waals surface area contributed by atoms with Crippen molar-refractivity contribution in [3.63, 3.8) is 0 Å². The van der Waals surface area contributed by atoms with E-state index in [1.54, 1.807) is 42.6 Å². The van der Waals surface area contributed by atoms with E-state index in [-0.39, 0.29) is 12.2 Å². The van der Waals surface area contributed by atoms with Crippen molar-refractivity contribution < 1.29 is 23.8 Å². The monoisotopic (exact) mass is 429 g/mol. The number of furan rings is 1. The van der Waals surface area contributed by atoms with Gasteiger partial charge in [0.2, 0.25) is 0 Å². The van der Waals surface area contributed by atoms with Gasteiger partial charge >= 0.3 is 5.97 Å². The third-order valence-corrected chi connectivity index (χ3v) is 4.71. The number of carboxylic acid groups (broad SMARTS) is 1. The van der Waals surface area contributed by atoms with Crippen molar-refractivity contribution in [1.82, 2.24) is 10.4 Å². The van der Waals surface area contributed by atoms with Crippen LogP contribution in [0.4, 0.5) is 0 Å². The molecular weight excluding hydrogens is 410 g/mol. The number of carbonyl (C=O) groups is 2. The number of ether oxygens (including phenoxy) is 1. The zero-order valence-corrected chi connectivity index (χ0v) is 17.1. The molecule has 0 radical (unpaired) electrons. The summed E-state index contributed by atoms with van der Waals surface area (Å²) in [5, 5.41) is 14.0. The lowest BCUT2D eigenvalue weighted by atomic mass is 10.0. The molecule has 0 saturated heterocycles. The van der Waals surface area contributed by atoms with Crippen molar-refractivity contribution in [3.8, 4) is 17.1 Å². The summed E-state index contributed by atoms with van der Waals surface area (Å²) in [4.78, 5) is 27.5. The number of pyridine rings is 1. The summed E-state index contributed by atoms with van der Waals surface area (Å²) in [6.45, 7) is 1.64. The summed E-state index contributed by atoms with van der Waals surface area (Å²) in [6.07, 6.45) is 3.02. The van der Waals surface area contributed by atoms with Crippen molar-refractivity contribution in [1.29, 1.82) is 0 Å². The molecule has 8 heteroatoms. The van der Waals surface area contributed by atoms with Gasteiger partial charge in [0.1, 0.15) is 22.8 Å². The van der Waals surface area contributed by atoms with E-state index in [1.165, 1.54) is 6.21 Å². The highest BCUT2D eigenvalue weighted by Crippen LogP contribution is 2.26. The predicted molar refractivity (Wildman–Crippen MR) is 119 cm³/mol. The molecular formula is C24H19N3O5. The Bertz CT molecular complexity index is 1320. The van der Waals surface area contributed by atoms with Crippen LogP contribution in [-0.2, 0) is 4.79 Å². The van der Waals surface area contributed by atoms with Crippen LogP contribution >= 0.6 is 0 Å². The van der Waals surface area contributed by atoms with Crippen molar-refractivity contribution in [2.24, 2.45) is 5.10 Å². The highest BCUT2D eigenvalue weighted by Gasteiger charge is 2.11. The van der Waals surface area contributed by atoms with Crippen LogP contribution in [0.15, 0.2) is 76.4 Å². The van der Waals surface area contributed by atoms with E-state index in [0.29, 0.717) is 28.4 Å². The van der Waals surface area contributed by atoms with Crippen LogP contribution in [0.2, 0.25) is 0 Å². The van der Waals surface area contributed by atoms with Gasteiger partial charge in [0.15, 0.2) is 6.61 Å². The van der Waals surface area contributed by atoms with E-state index in [2.05, 4.69) is 15.5 Å². The number of hydrogen-bond donors (Lipinski definition) is 2. The molecule has 1 amide bonds. The average molecular weight is 429 g/mol. The number of rotatable bonds is 7. The van der Waals surface area contributed by atoms with Gasteiger partial charge < -0.3 is 14.3 Å². The minimum Gasteiger partial charge on any atom is -0.481 e. The summed E-state index contributed by atoms with van der Waals surface area (Å²) < 4.78 is 11.3. The smallest absolute Gasteiger partial charge is 0.335 e. The second-order valence-electron chi connectivity index (χ2n) is 6.95. The zero-order valence-electron chi connectivity index (χ0n) is 17.1. The van der Waals surface area contributed by atoms with Gasteiger partial charge in [0, 0.05) is 17.1 Å². The minimum absolute atomic E-state index is 0.172. The maximum absolute atomic E-state index is 12.1. The molecule has 0 spiro atoms. The molecule has 4 aromatic rings. The van der Waals surface area contributed by atoms with Gasteiger partial charge in [0.25, 0.3) is 5.91 Å². The first kappa shape index (κ1) is 20.8. The predicted octanol–water partition coefficient (Wildman–Crippen LogP) is 4.03. The molecule has 2 aromatic carbocycles. The molecule has 0 fully saturated rings. The molecule has 0 aliphatic heterocycles. The van der Waals surface area contributed by atoms with Crippen molar-refractivity contribution >= 4 is 29.0 Å². The molecule has 2 N–H and O–H groups in total. The van der Waals surface area contributed by atoms with Crippen molar-refractivity contribution in [2.75, 3.05) is 6.61 Å². The number of aromatic nitrogens is 1. The summed E-state index contributed by atoms with van der Waals surface area (Å²) in [5.74, 6) is -0.0311. The second-order valence-corrected chi connectivity index (χ2v) is 6.95. The Morgan fingerprint density at radius 2 is 2.00 bits per heavy atom. The van der Waals surface area contributed by atoms with E-state index >= 15 is 0 Å². The minimum atomic E-state index is -1.01. The Hall–Kier alpha value is -4.46. The molecule has 32 heavy (non-hydrogen) atoms. The first-order valence-electron chi connectivity index (χ1n) is 9.74. The van der Waals surface area contributed by atoms with E-state index in [9.17, 15) is 14.7 Å². The fourth-order valence-electron chi connectivity index (χ4n) is 3.12. The van der Waals surface area contributed by atoms with Crippen LogP contribution in [-0.4, -0.2) is 34.8 Å². The Labute approximate surface area is 183 Å². The molecule has 2 heterocycles. The standard InChI is InChI=1S/C24H19N3O5/c1-15-7-8-17(24(29)30)12-19(15)20-10-9-18(32-20)13-26-27-22(28)14-31-21-6-2-4-16-5-3-11-25-23(16)21/h2-13H,14H2,1H3,(H,27,28)(H,29,30)/b26-13+. The molecule has 0 aliphatic carbocycles. The van der Waals surface area contributed by atoms with Gasteiger partial charge in [-0.2, -0.15) is 5.10 Å². The fourth-order valence-corrected chi connectivity index (χ4v) is 3.12. The van der Waals surface area contributed by atoms with E-state index in [4.69, 9.17) is 9.15 Å². The maximum atomic E-state index is 12.1. The lowest BCUT2D eigenvalue weighted by Gasteiger charge is -2.07. The number of aryl methyl sites for hydroxylation is 1. The van der Waals surface area contributed by atoms with Gasteiger partial charge in [-0.05, 0) is 48.9 Å². The number of nitrogens with one attached hydrogen (secondary N) is 1. The third-order valence-electron chi connectivity index (χ3n) is 4.71. The van der Waals surface area contributed by atoms with Gasteiger partial charge in [-0.15, -0.1) is 0 Å². The Morgan fingerprint density at radius 3 is 2.84 bits per heavy atom. The van der Waals surface area contributed by atoms with Gasteiger partial charge in [-0.25, -0.2) is 10.2 Å². The molecule has 0 atom stereocenters. The van der Waals surface area contributed by atoms with Crippen LogP contribution in [0.3, 0.4) is 0 Å². The Balaban J connectivity index is 1.37. The molecule has 8 nitrogen and oxygen atoms in total. The molecule has 4 rings (SSSR count). The number of para-hydroxylation sites is 1. The van der Waals surface area contributed by atoms with Crippen molar-refractivity contribution in [3.05, 3.63) is 83.7 Å². The summed E-state index contributed by atoms with van der Waals surface area (Å²) >= 11 is 0. The molecule has 0 bridgehead atoms. The number of amides is 1. The number of nitrogens with zero attached hydrogens (tertiary/aromatic N) is 2. The maximum Gasteiger partial charge on any atom is 0.335 e. The first-order valence-corrected chi connectivity index (χ1v) is 9.74. The second kappa shape index (κ2) is 9.13. The number of hydrogen-bond acceptors (Lipinski definition) is 6. The lowest BCUT2D eigenvalue weighted by Crippen LogP contribution is -2.24. The molecule has 160 valence electrons. The summed E-state index contributed by atoms with van der Waals surface area (Å²) in [6, 6.07) is 17.4. The highest BCUT2D eigenvalue weighted by molar-refractivity contribution is 5.90. The van der Waals surface area contributed by atoms with Crippen LogP contribution in [0.5, 0.6) is 5.75 Å². The molecule has 0 aliphatic rings. The van der Waals surface area contributed by atoms with Crippen molar-refractivity contribution in [2.45, 2.75) is 6.92 Å². The average Bonchev–Trinajstić information content (AvgIpc) is 3.26. The zero-order chi connectivity index (χ0) is 22.5. The van der Waals surface area contributed by atoms with Crippen LogP contribution in [0.25, 0.3) is 22.2 Å². The highest BCUT2D eigenvalue weighted by atomic mass is 16.5. The van der Waals surface area contributed by atoms with Crippen LogP contribution < -0.4 is 10.2 Å². The molecule has 0 saturated carbocycles. The van der Waals surface area contributed by atoms with E-state index in [0.717, 1.165) is 10.9 Å². The lowest BCUT2D eigenvalue weighted by molar-refractivity contribution is -0.123. The number of carboxylic acids is 1. The molecule has 2 aromatic heterocycles. The number of fused-ring (bicyclic) bond motifs is 1. The molecule has 0 unspecified atom stereocenters. The van der Waals surface area contributed by atoms with Gasteiger partial charge in [-0.3, -0.25) is 9.78 Å². The van der Waals surface area contributed by atoms with E-state index < -0.39 is 11.9 Å². The quantitative estimate of drug-likeness (QED) is 0.339. The van der Waals surface area contributed by atoms with Gasteiger partial charge in [0.05, 0.1) is 11.8 Å². The SMILES string of the molecule is Cc1ccc(C(=O)O)cc1-c1ccc(/C=N/NC(=O)COc2cccc3cccnc23)o1.